The molecule has 1 saturated heterocycles. The van der Waals surface area contributed by atoms with Crippen LogP contribution < -0.4 is 15.5 Å². The number of amides is 1. The quantitative estimate of drug-likeness (QED) is 0.720. The Morgan fingerprint density at radius 2 is 1.96 bits per heavy atom. The Morgan fingerprint density at radius 3 is 2.71 bits per heavy atom. The first-order chi connectivity index (χ1) is 13.7. The van der Waals surface area contributed by atoms with Gasteiger partial charge in [0, 0.05) is 37.8 Å². The van der Waals surface area contributed by atoms with E-state index in [1.807, 2.05) is 24.3 Å². The molecular formula is C22H31N5O. The van der Waals surface area contributed by atoms with Gasteiger partial charge in [0.05, 0.1) is 0 Å². The molecule has 1 aromatic heterocycles. The van der Waals surface area contributed by atoms with E-state index in [0.717, 1.165) is 62.6 Å². The van der Waals surface area contributed by atoms with Crippen LogP contribution in [0.4, 0.5) is 17.3 Å². The number of hydrogen-bond donors (Lipinski definition) is 2. The Balaban J connectivity index is 1.44. The molecule has 3 rings (SSSR count). The molecule has 1 aliphatic rings. The largest absolute Gasteiger partial charge is 0.370 e. The van der Waals surface area contributed by atoms with Crippen LogP contribution in [0, 0.1) is 5.92 Å². The Kier molecular flexibility index (Phi) is 7.23. The number of piperidine rings is 1. The molecule has 0 spiro atoms. The summed E-state index contributed by atoms with van der Waals surface area (Å²) in [5.41, 5.74) is 2.14. The summed E-state index contributed by atoms with van der Waals surface area (Å²) in [6, 6.07) is 10.1. The number of anilines is 3. The first kappa shape index (κ1) is 20.1. The number of carbonyl (C=O) groups is 1. The normalized spacial score (nSPS) is 14.7. The van der Waals surface area contributed by atoms with E-state index in [2.05, 4.69) is 45.4 Å². The van der Waals surface area contributed by atoms with Crippen molar-refractivity contribution in [3.05, 3.63) is 42.2 Å². The van der Waals surface area contributed by atoms with Crippen molar-refractivity contribution in [1.29, 1.82) is 0 Å². The predicted molar refractivity (Wildman–Crippen MR) is 115 cm³/mol. The van der Waals surface area contributed by atoms with Crippen molar-refractivity contribution in [2.75, 3.05) is 35.2 Å². The van der Waals surface area contributed by atoms with Gasteiger partial charge in [0.2, 0.25) is 5.91 Å². The number of aryl methyl sites for hydroxylation is 1. The summed E-state index contributed by atoms with van der Waals surface area (Å²) in [6.45, 7) is 6.98. The van der Waals surface area contributed by atoms with Gasteiger partial charge in [-0.15, -0.1) is 0 Å². The summed E-state index contributed by atoms with van der Waals surface area (Å²) >= 11 is 0. The lowest BCUT2D eigenvalue weighted by Gasteiger charge is -2.32. The number of rotatable bonds is 8. The number of benzene rings is 1. The van der Waals surface area contributed by atoms with E-state index in [9.17, 15) is 4.79 Å². The number of nitrogens with one attached hydrogen (secondary N) is 2. The average Bonchev–Trinajstić information content (AvgIpc) is 2.73. The van der Waals surface area contributed by atoms with Crippen LogP contribution in [0.2, 0.25) is 0 Å². The third kappa shape index (κ3) is 5.44. The zero-order valence-electron chi connectivity index (χ0n) is 16.9. The van der Waals surface area contributed by atoms with E-state index in [-0.39, 0.29) is 5.91 Å². The summed E-state index contributed by atoms with van der Waals surface area (Å²) in [5, 5.41) is 6.31. The van der Waals surface area contributed by atoms with Crippen molar-refractivity contribution in [1.82, 2.24) is 9.97 Å². The van der Waals surface area contributed by atoms with Gasteiger partial charge >= 0.3 is 0 Å². The van der Waals surface area contributed by atoms with E-state index in [1.54, 1.807) is 6.33 Å². The highest BCUT2D eigenvalue weighted by atomic mass is 16.1. The van der Waals surface area contributed by atoms with Crippen LogP contribution in [-0.4, -0.2) is 35.5 Å². The van der Waals surface area contributed by atoms with E-state index in [1.165, 1.54) is 5.56 Å². The average molecular weight is 382 g/mol. The molecule has 2 N–H and O–H groups in total. The molecule has 0 saturated carbocycles. The van der Waals surface area contributed by atoms with Crippen LogP contribution in [-0.2, 0) is 11.2 Å². The van der Waals surface area contributed by atoms with Gasteiger partial charge < -0.3 is 15.5 Å². The molecule has 1 aromatic carbocycles. The molecule has 0 unspecified atom stereocenters. The van der Waals surface area contributed by atoms with E-state index < -0.39 is 0 Å². The maximum atomic E-state index is 12.4. The first-order valence-electron chi connectivity index (χ1n) is 10.4. The monoisotopic (exact) mass is 381 g/mol. The van der Waals surface area contributed by atoms with Crippen molar-refractivity contribution in [2.45, 2.75) is 46.0 Å². The fraction of sp³-hybridized carbons (Fsp3) is 0.500. The summed E-state index contributed by atoms with van der Waals surface area (Å²) in [6.07, 6.45) is 6.27. The minimum atomic E-state index is 0.120. The Morgan fingerprint density at radius 1 is 1.18 bits per heavy atom. The van der Waals surface area contributed by atoms with Crippen molar-refractivity contribution in [3.63, 3.8) is 0 Å². The second kappa shape index (κ2) is 10.1. The minimum absolute atomic E-state index is 0.120. The van der Waals surface area contributed by atoms with Crippen LogP contribution >= 0.6 is 0 Å². The third-order valence-corrected chi connectivity index (χ3v) is 5.40. The fourth-order valence-electron chi connectivity index (χ4n) is 3.75. The highest BCUT2D eigenvalue weighted by Gasteiger charge is 2.21. The highest BCUT2D eigenvalue weighted by molar-refractivity contribution is 5.91. The second-order valence-corrected chi connectivity index (χ2v) is 7.32. The number of aromatic nitrogens is 2. The first-order valence-corrected chi connectivity index (χ1v) is 10.4. The van der Waals surface area contributed by atoms with E-state index in [4.69, 9.17) is 0 Å². The second-order valence-electron chi connectivity index (χ2n) is 7.32. The molecule has 0 radical (unpaired) electrons. The molecule has 28 heavy (non-hydrogen) atoms. The van der Waals surface area contributed by atoms with Gasteiger partial charge in [-0.05, 0) is 50.2 Å². The van der Waals surface area contributed by atoms with Gasteiger partial charge in [-0.3, -0.25) is 4.79 Å². The maximum Gasteiger partial charge on any atom is 0.224 e. The Hall–Kier alpha value is -2.63. The van der Waals surface area contributed by atoms with Crippen LogP contribution in [0.3, 0.4) is 0 Å². The summed E-state index contributed by atoms with van der Waals surface area (Å²) in [5.74, 6) is 2.57. The van der Waals surface area contributed by atoms with Gasteiger partial charge in [-0.2, -0.15) is 0 Å². The van der Waals surface area contributed by atoms with Gasteiger partial charge in [0.15, 0.2) is 0 Å². The topological polar surface area (TPSA) is 70.2 Å². The summed E-state index contributed by atoms with van der Waals surface area (Å²) in [4.78, 5) is 23.3. The van der Waals surface area contributed by atoms with Gasteiger partial charge in [0.25, 0.3) is 0 Å². The zero-order chi connectivity index (χ0) is 19.8. The third-order valence-electron chi connectivity index (χ3n) is 5.40. The predicted octanol–water partition coefficient (Wildman–Crippen LogP) is 4.11. The number of hydrogen-bond acceptors (Lipinski definition) is 5. The zero-order valence-corrected chi connectivity index (χ0v) is 16.9. The van der Waals surface area contributed by atoms with E-state index >= 15 is 0 Å². The Bertz CT molecular complexity index is 771. The number of para-hydroxylation sites is 1. The lowest BCUT2D eigenvalue weighted by Crippen LogP contribution is -2.34. The smallest absolute Gasteiger partial charge is 0.224 e. The van der Waals surface area contributed by atoms with Crippen molar-refractivity contribution >= 4 is 23.2 Å². The van der Waals surface area contributed by atoms with Gasteiger partial charge in [0.1, 0.15) is 18.0 Å². The van der Waals surface area contributed by atoms with Gasteiger partial charge in [-0.25, -0.2) is 9.97 Å². The molecule has 6 heteroatoms. The van der Waals surface area contributed by atoms with Crippen LogP contribution in [0.5, 0.6) is 0 Å². The maximum absolute atomic E-state index is 12.4. The highest BCUT2D eigenvalue weighted by Crippen LogP contribution is 2.26. The molecule has 1 aliphatic heterocycles. The standard InChI is InChI=1S/C22H31N5O/c1-3-18-7-5-6-8-19(18)26-22(28)10-9-17-11-13-27(14-12-17)21-15-20(23-4-2)24-16-25-21/h5-8,15-17H,3-4,9-14H2,1-2H3,(H,26,28)(H,23,24,25). The molecule has 0 bridgehead atoms. The molecule has 150 valence electrons. The van der Waals surface area contributed by atoms with Crippen LogP contribution in [0.15, 0.2) is 36.7 Å². The minimum Gasteiger partial charge on any atom is -0.370 e. The lowest BCUT2D eigenvalue weighted by molar-refractivity contribution is -0.116. The SMILES string of the molecule is CCNc1cc(N2CCC(CCC(=O)Nc3ccccc3CC)CC2)ncn1. The number of carbonyl (C=O) groups excluding carboxylic acids is 1. The molecule has 2 aromatic rings. The molecule has 0 aliphatic carbocycles. The summed E-state index contributed by atoms with van der Waals surface area (Å²) in [7, 11) is 0. The fourth-order valence-corrected chi connectivity index (χ4v) is 3.75. The van der Waals surface area contributed by atoms with Crippen molar-refractivity contribution < 1.29 is 4.79 Å². The Labute approximate surface area is 167 Å². The van der Waals surface area contributed by atoms with Crippen molar-refractivity contribution in [2.24, 2.45) is 5.92 Å². The van der Waals surface area contributed by atoms with Crippen molar-refractivity contribution in [3.8, 4) is 0 Å². The molecule has 6 nitrogen and oxygen atoms in total. The van der Waals surface area contributed by atoms with Crippen LogP contribution in [0.25, 0.3) is 0 Å². The molecule has 1 fully saturated rings. The molecule has 0 atom stereocenters. The molecule has 2 heterocycles. The van der Waals surface area contributed by atoms with E-state index in [0.29, 0.717) is 12.3 Å². The molecule has 1 amide bonds. The number of nitrogens with zero attached hydrogens (tertiary/aromatic N) is 3. The lowest BCUT2D eigenvalue weighted by atomic mass is 9.92. The van der Waals surface area contributed by atoms with Crippen LogP contribution in [0.1, 0.15) is 45.1 Å². The summed E-state index contributed by atoms with van der Waals surface area (Å²) < 4.78 is 0. The molecular weight excluding hydrogens is 350 g/mol. The van der Waals surface area contributed by atoms with Gasteiger partial charge in [-0.1, -0.05) is 25.1 Å².